The van der Waals surface area contributed by atoms with Gasteiger partial charge in [0.15, 0.2) is 0 Å². The van der Waals surface area contributed by atoms with Crippen LogP contribution in [0.2, 0.25) is 0 Å². The van der Waals surface area contributed by atoms with Crippen LogP contribution >= 0.6 is 0 Å². The van der Waals surface area contributed by atoms with Gasteiger partial charge in [-0.2, -0.15) is 0 Å². The highest BCUT2D eigenvalue weighted by atomic mass is 14.8. The third kappa shape index (κ3) is 2.01. The van der Waals surface area contributed by atoms with Crippen molar-refractivity contribution >= 4 is 0 Å². The van der Waals surface area contributed by atoms with Crippen molar-refractivity contribution in [1.82, 2.24) is 9.97 Å². The average molecular weight is 165 g/mol. The van der Waals surface area contributed by atoms with Crippen LogP contribution in [0.25, 0.3) is 0 Å². The second-order valence-electron chi connectivity index (χ2n) is 3.22. The number of hydrogen-bond acceptors (Lipinski definition) is 3. The zero-order chi connectivity index (χ0) is 8.97. The number of aromatic nitrogens is 2. The maximum atomic E-state index is 5.64. The molecular weight excluding hydrogens is 150 g/mol. The summed E-state index contributed by atoms with van der Waals surface area (Å²) in [6.45, 7) is 4.93. The number of rotatable bonds is 3. The van der Waals surface area contributed by atoms with Gasteiger partial charge in [-0.1, -0.05) is 13.8 Å². The van der Waals surface area contributed by atoms with Gasteiger partial charge in [-0.3, -0.25) is 9.97 Å². The first-order chi connectivity index (χ1) is 5.75. The SMILES string of the molecule is CC(C)C(CN)c1cnccn1. The van der Waals surface area contributed by atoms with Gasteiger partial charge in [-0.25, -0.2) is 0 Å². The molecule has 0 saturated carbocycles. The van der Waals surface area contributed by atoms with E-state index in [0.29, 0.717) is 18.4 Å². The summed E-state index contributed by atoms with van der Waals surface area (Å²) in [6.07, 6.45) is 5.18. The van der Waals surface area contributed by atoms with E-state index in [1.54, 1.807) is 18.6 Å². The lowest BCUT2D eigenvalue weighted by Gasteiger charge is -2.16. The molecule has 1 atom stereocenters. The lowest BCUT2D eigenvalue weighted by Crippen LogP contribution is -2.18. The molecule has 1 heterocycles. The van der Waals surface area contributed by atoms with Crippen molar-refractivity contribution in [2.45, 2.75) is 19.8 Å². The summed E-state index contributed by atoms with van der Waals surface area (Å²) in [4.78, 5) is 8.25. The predicted molar refractivity (Wildman–Crippen MR) is 48.7 cm³/mol. The molecule has 1 aromatic rings. The normalized spacial score (nSPS) is 13.3. The first kappa shape index (κ1) is 9.13. The molecule has 1 rings (SSSR count). The Bertz CT molecular complexity index is 220. The van der Waals surface area contributed by atoms with Crippen molar-refractivity contribution in [2.75, 3.05) is 6.54 Å². The molecule has 0 spiro atoms. The fourth-order valence-electron chi connectivity index (χ4n) is 1.24. The quantitative estimate of drug-likeness (QED) is 0.731. The molecule has 0 aliphatic heterocycles. The van der Waals surface area contributed by atoms with E-state index in [4.69, 9.17) is 5.73 Å². The molecular formula is C9H15N3. The largest absolute Gasteiger partial charge is 0.330 e. The molecule has 0 saturated heterocycles. The second-order valence-corrected chi connectivity index (χ2v) is 3.22. The molecule has 0 bridgehead atoms. The van der Waals surface area contributed by atoms with E-state index in [2.05, 4.69) is 23.8 Å². The van der Waals surface area contributed by atoms with Crippen molar-refractivity contribution in [3.8, 4) is 0 Å². The standard InChI is InChI=1S/C9H15N3/c1-7(2)8(5-10)9-6-11-3-4-12-9/h3-4,6-8H,5,10H2,1-2H3. The number of hydrogen-bond donors (Lipinski definition) is 1. The van der Waals surface area contributed by atoms with Gasteiger partial charge in [0, 0.05) is 31.1 Å². The van der Waals surface area contributed by atoms with Crippen molar-refractivity contribution in [1.29, 1.82) is 0 Å². The van der Waals surface area contributed by atoms with E-state index in [9.17, 15) is 0 Å². The lowest BCUT2D eigenvalue weighted by atomic mass is 9.93. The highest BCUT2D eigenvalue weighted by molar-refractivity contribution is 5.04. The Labute approximate surface area is 73.0 Å². The topological polar surface area (TPSA) is 51.8 Å². The van der Waals surface area contributed by atoms with Crippen LogP contribution < -0.4 is 5.73 Å². The van der Waals surface area contributed by atoms with E-state index in [-0.39, 0.29) is 0 Å². The Morgan fingerprint density at radius 3 is 2.58 bits per heavy atom. The highest BCUT2D eigenvalue weighted by Crippen LogP contribution is 2.19. The van der Waals surface area contributed by atoms with E-state index in [1.807, 2.05) is 0 Å². The summed E-state index contributed by atoms with van der Waals surface area (Å²) in [5, 5.41) is 0. The number of nitrogens with zero attached hydrogens (tertiary/aromatic N) is 2. The molecule has 12 heavy (non-hydrogen) atoms. The van der Waals surface area contributed by atoms with Crippen LogP contribution in [0.1, 0.15) is 25.5 Å². The minimum Gasteiger partial charge on any atom is -0.330 e. The first-order valence-corrected chi connectivity index (χ1v) is 4.21. The zero-order valence-electron chi connectivity index (χ0n) is 7.57. The van der Waals surface area contributed by atoms with Crippen molar-refractivity contribution in [3.05, 3.63) is 24.3 Å². The van der Waals surface area contributed by atoms with Crippen LogP contribution in [-0.4, -0.2) is 16.5 Å². The van der Waals surface area contributed by atoms with Crippen molar-refractivity contribution in [2.24, 2.45) is 11.7 Å². The second kappa shape index (κ2) is 4.16. The van der Waals surface area contributed by atoms with Gasteiger partial charge in [0.2, 0.25) is 0 Å². The Morgan fingerprint density at radius 1 is 1.42 bits per heavy atom. The Morgan fingerprint density at radius 2 is 2.17 bits per heavy atom. The molecule has 3 nitrogen and oxygen atoms in total. The Balaban J connectivity index is 2.80. The summed E-state index contributed by atoms with van der Waals surface area (Å²) in [5.74, 6) is 0.852. The lowest BCUT2D eigenvalue weighted by molar-refractivity contribution is 0.494. The molecule has 0 aliphatic carbocycles. The Kier molecular flexibility index (Phi) is 3.17. The predicted octanol–water partition coefficient (Wildman–Crippen LogP) is 1.17. The summed E-state index contributed by atoms with van der Waals surface area (Å²) >= 11 is 0. The average Bonchev–Trinajstić information content (AvgIpc) is 2.07. The molecule has 1 unspecified atom stereocenters. The minimum absolute atomic E-state index is 0.332. The third-order valence-corrected chi connectivity index (χ3v) is 2.02. The van der Waals surface area contributed by atoms with Gasteiger partial charge in [0.25, 0.3) is 0 Å². The molecule has 0 aromatic carbocycles. The van der Waals surface area contributed by atoms with Crippen molar-refractivity contribution in [3.63, 3.8) is 0 Å². The summed E-state index contributed by atoms with van der Waals surface area (Å²) in [5.41, 5.74) is 6.63. The van der Waals surface area contributed by atoms with Gasteiger partial charge in [-0.15, -0.1) is 0 Å². The molecule has 0 radical (unpaired) electrons. The van der Waals surface area contributed by atoms with Crippen LogP contribution in [0.4, 0.5) is 0 Å². The highest BCUT2D eigenvalue weighted by Gasteiger charge is 2.14. The smallest absolute Gasteiger partial charge is 0.0632 e. The van der Waals surface area contributed by atoms with Crippen molar-refractivity contribution < 1.29 is 0 Å². The molecule has 0 fully saturated rings. The van der Waals surface area contributed by atoms with Crippen LogP contribution in [0.15, 0.2) is 18.6 Å². The molecule has 0 amide bonds. The van der Waals surface area contributed by atoms with E-state index in [1.165, 1.54) is 0 Å². The van der Waals surface area contributed by atoms with E-state index >= 15 is 0 Å². The number of nitrogens with two attached hydrogens (primary N) is 1. The first-order valence-electron chi connectivity index (χ1n) is 4.21. The van der Waals surface area contributed by atoms with E-state index in [0.717, 1.165) is 5.69 Å². The summed E-state index contributed by atoms with van der Waals surface area (Å²) in [6, 6.07) is 0. The van der Waals surface area contributed by atoms with Gasteiger partial charge in [0.1, 0.15) is 0 Å². The van der Waals surface area contributed by atoms with Crippen LogP contribution in [-0.2, 0) is 0 Å². The minimum atomic E-state index is 0.332. The van der Waals surface area contributed by atoms with Gasteiger partial charge in [0.05, 0.1) is 5.69 Å². The molecule has 1 aromatic heterocycles. The molecule has 3 heteroatoms. The Hall–Kier alpha value is -0.960. The fraction of sp³-hybridized carbons (Fsp3) is 0.556. The van der Waals surface area contributed by atoms with E-state index < -0.39 is 0 Å². The zero-order valence-corrected chi connectivity index (χ0v) is 7.57. The fourth-order valence-corrected chi connectivity index (χ4v) is 1.24. The van der Waals surface area contributed by atoms with Crippen LogP contribution in [0, 0.1) is 5.92 Å². The van der Waals surface area contributed by atoms with Crippen LogP contribution in [0.5, 0.6) is 0 Å². The molecule has 66 valence electrons. The molecule has 2 N–H and O–H groups in total. The van der Waals surface area contributed by atoms with Gasteiger partial charge < -0.3 is 5.73 Å². The van der Waals surface area contributed by atoms with Gasteiger partial charge in [-0.05, 0) is 5.92 Å². The van der Waals surface area contributed by atoms with Gasteiger partial charge >= 0.3 is 0 Å². The monoisotopic (exact) mass is 165 g/mol. The third-order valence-electron chi connectivity index (χ3n) is 2.02. The maximum Gasteiger partial charge on any atom is 0.0632 e. The maximum absolute atomic E-state index is 5.64. The summed E-state index contributed by atoms with van der Waals surface area (Å²) < 4.78 is 0. The summed E-state index contributed by atoms with van der Waals surface area (Å²) in [7, 11) is 0. The van der Waals surface area contributed by atoms with Crippen LogP contribution in [0.3, 0.4) is 0 Å². The molecule has 0 aliphatic rings.